The van der Waals surface area contributed by atoms with E-state index in [9.17, 15) is 9.90 Å². The van der Waals surface area contributed by atoms with Gasteiger partial charge in [-0.15, -0.1) is 0 Å². The van der Waals surface area contributed by atoms with Gasteiger partial charge in [0.15, 0.2) is 5.71 Å². The van der Waals surface area contributed by atoms with Crippen molar-refractivity contribution in [1.82, 2.24) is 0 Å². The number of unbranched alkanes of at least 4 members (excludes halogenated alkanes) is 28. The van der Waals surface area contributed by atoms with E-state index in [2.05, 4.69) is 85.7 Å². The van der Waals surface area contributed by atoms with E-state index in [1.807, 2.05) is 0 Å². The van der Waals surface area contributed by atoms with Crippen LogP contribution in [0.15, 0.2) is 65.5 Å². The Hall–Kier alpha value is -2.88. The van der Waals surface area contributed by atoms with Gasteiger partial charge in [0.1, 0.15) is 18.8 Å². The van der Waals surface area contributed by atoms with Crippen molar-refractivity contribution in [2.75, 3.05) is 31.1 Å². The number of Topliss-reactive ketones (excluding diaryl/α,β-unsaturated/α-hetero) is 1. The predicted molar refractivity (Wildman–Crippen MR) is 264 cm³/mol. The number of ketones is 1. The second-order valence-electron chi connectivity index (χ2n) is 18.4. The lowest BCUT2D eigenvalue weighted by atomic mass is 9.80. The third-order valence-electron chi connectivity index (χ3n) is 13.1. The minimum absolute atomic E-state index is 0.0440. The Bertz CT molecular complexity index is 1380. The van der Waals surface area contributed by atoms with E-state index in [1.165, 1.54) is 217 Å². The van der Waals surface area contributed by atoms with Gasteiger partial charge in [-0.2, -0.15) is 0 Å². The third kappa shape index (κ3) is 20.3. The van der Waals surface area contributed by atoms with Crippen LogP contribution in [0.2, 0.25) is 0 Å². The van der Waals surface area contributed by atoms with Crippen molar-refractivity contribution in [2.24, 2.45) is 0 Å². The number of benzene rings is 1. The lowest BCUT2D eigenvalue weighted by molar-refractivity contribution is -0.527. The maximum atomic E-state index is 13.7. The van der Waals surface area contributed by atoms with Gasteiger partial charge in [0.05, 0.1) is 11.1 Å². The van der Waals surface area contributed by atoms with Crippen molar-refractivity contribution >= 4 is 22.8 Å². The summed E-state index contributed by atoms with van der Waals surface area (Å²) in [5.74, 6) is 0.0995. The van der Waals surface area contributed by atoms with E-state index >= 15 is 0 Å². The van der Waals surface area contributed by atoms with E-state index in [1.54, 1.807) is 0 Å². The Balaban J connectivity index is 1.63. The van der Waals surface area contributed by atoms with E-state index in [-0.39, 0.29) is 11.5 Å². The van der Waals surface area contributed by atoms with Gasteiger partial charge in [0.2, 0.25) is 5.78 Å². The summed E-state index contributed by atoms with van der Waals surface area (Å²) in [6.07, 6.45) is 51.1. The molecular formula is C56H93N2O2+. The van der Waals surface area contributed by atoms with Crippen LogP contribution in [0.4, 0.5) is 5.69 Å². The van der Waals surface area contributed by atoms with Crippen LogP contribution >= 0.6 is 0 Å². The fourth-order valence-electron chi connectivity index (χ4n) is 9.10. The molecule has 0 bridgehead atoms. The molecule has 0 aliphatic heterocycles. The molecule has 338 valence electrons. The molecule has 0 fully saturated rings. The first-order valence-electron chi connectivity index (χ1n) is 26.1. The fraction of sp³-hybridized carbons (Fsp3) is 0.714. The van der Waals surface area contributed by atoms with Crippen LogP contribution < -0.4 is 4.90 Å². The standard InChI is InChI=1S/C56H92N2O2/c1-5-9-13-17-21-25-29-33-45-57(46-34-30-26-22-18-14-10-6-2)51-41-37-49(38-42-51)53-55(59)54(56(53)60)50-39-43-52(44-40-50)58(47-35-31-27-23-19-15-11-7-3)48-36-32-28-24-20-16-12-8-4/h37-44H,5-36,45-48H2,1-4H3/p+1. The summed E-state index contributed by atoms with van der Waals surface area (Å²) in [5, 5.41) is 11.3. The number of allylic oxidation sites excluding steroid dienone is 7. The van der Waals surface area contributed by atoms with E-state index in [0.717, 1.165) is 37.3 Å². The first-order valence-corrected chi connectivity index (χ1v) is 26.1. The molecule has 4 nitrogen and oxygen atoms in total. The minimum atomic E-state index is -0.0440. The van der Waals surface area contributed by atoms with Gasteiger partial charge < -0.3 is 10.0 Å². The Morgan fingerprint density at radius 2 is 0.783 bits per heavy atom. The molecule has 2 aliphatic carbocycles. The van der Waals surface area contributed by atoms with Crippen LogP contribution in [0.5, 0.6) is 0 Å². The lowest BCUT2D eigenvalue weighted by Crippen LogP contribution is -2.26. The molecule has 0 amide bonds. The zero-order chi connectivity index (χ0) is 42.9. The first kappa shape index (κ1) is 51.5. The molecule has 1 aromatic carbocycles. The highest BCUT2D eigenvalue weighted by atomic mass is 16.3. The highest BCUT2D eigenvalue weighted by Gasteiger charge is 2.36. The molecule has 0 saturated carbocycles. The van der Waals surface area contributed by atoms with Gasteiger partial charge in [-0.1, -0.05) is 207 Å². The highest BCUT2D eigenvalue weighted by Crippen LogP contribution is 2.39. The van der Waals surface area contributed by atoms with E-state index in [0.29, 0.717) is 11.1 Å². The van der Waals surface area contributed by atoms with Crippen molar-refractivity contribution in [3.05, 3.63) is 71.0 Å². The molecule has 60 heavy (non-hydrogen) atoms. The van der Waals surface area contributed by atoms with Crippen LogP contribution in [0, 0.1) is 0 Å². The Labute approximate surface area is 371 Å². The number of aliphatic hydroxyl groups excluding tert-OH is 1. The number of aliphatic hydroxyl groups is 1. The largest absolute Gasteiger partial charge is 0.506 e. The topological polar surface area (TPSA) is 43.5 Å². The highest BCUT2D eigenvalue weighted by molar-refractivity contribution is 6.39. The zero-order valence-corrected chi connectivity index (χ0v) is 39.8. The van der Waals surface area contributed by atoms with Crippen LogP contribution in [0.25, 0.3) is 5.57 Å². The maximum Gasteiger partial charge on any atom is 0.201 e. The molecule has 0 aromatic heterocycles. The molecule has 1 aromatic rings. The second-order valence-corrected chi connectivity index (χ2v) is 18.4. The average molecular weight is 826 g/mol. The Kier molecular flexibility index (Phi) is 28.9. The predicted octanol–water partition coefficient (Wildman–Crippen LogP) is 16.8. The minimum Gasteiger partial charge on any atom is -0.506 e. The smallest absolute Gasteiger partial charge is 0.201 e. The molecule has 3 rings (SSSR count). The van der Waals surface area contributed by atoms with Crippen LogP contribution in [-0.2, 0) is 4.79 Å². The molecule has 0 atom stereocenters. The normalized spacial score (nSPS) is 13.9. The Morgan fingerprint density at radius 1 is 0.433 bits per heavy atom. The second kappa shape index (κ2) is 33.7. The van der Waals surface area contributed by atoms with Crippen molar-refractivity contribution in [3.63, 3.8) is 0 Å². The lowest BCUT2D eigenvalue weighted by Gasteiger charge is -2.27. The zero-order valence-electron chi connectivity index (χ0n) is 39.8. The number of hydrogen-bond donors (Lipinski definition) is 1. The summed E-state index contributed by atoms with van der Waals surface area (Å²) in [7, 11) is 0. The molecule has 2 aliphatic rings. The number of nitrogens with zero attached hydrogens (tertiary/aromatic N) is 2. The summed E-state index contributed by atoms with van der Waals surface area (Å²) in [4.78, 5) is 16.2. The van der Waals surface area contributed by atoms with Crippen molar-refractivity contribution < 1.29 is 14.5 Å². The molecule has 0 spiro atoms. The number of hydrogen-bond acceptors (Lipinski definition) is 3. The van der Waals surface area contributed by atoms with Gasteiger partial charge in [-0.05, 0) is 61.1 Å². The van der Waals surface area contributed by atoms with E-state index in [4.69, 9.17) is 0 Å². The van der Waals surface area contributed by atoms with Crippen LogP contribution in [0.3, 0.4) is 0 Å². The summed E-state index contributed by atoms with van der Waals surface area (Å²) in [6.45, 7) is 13.5. The molecule has 0 radical (unpaired) electrons. The van der Waals surface area contributed by atoms with Gasteiger partial charge in [-0.25, -0.2) is 4.58 Å². The van der Waals surface area contributed by atoms with Gasteiger partial charge in [0, 0.05) is 43.8 Å². The van der Waals surface area contributed by atoms with Crippen LogP contribution in [0.1, 0.15) is 239 Å². The summed E-state index contributed by atoms with van der Waals surface area (Å²) in [6, 6.07) is 8.47. The molecule has 0 heterocycles. The van der Waals surface area contributed by atoms with Crippen LogP contribution in [-0.4, -0.2) is 47.4 Å². The monoisotopic (exact) mass is 826 g/mol. The number of carbonyl (C=O) groups is 1. The van der Waals surface area contributed by atoms with Gasteiger partial charge in [-0.3, -0.25) is 4.79 Å². The number of rotatable bonds is 38. The average Bonchev–Trinajstić information content (AvgIpc) is 3.26. The van der Waals surface area contributed by atoms with Crippen molar-refractivity contribution in [3.8, 4) is 0 Å². The Morgan fingerprint density at radius 3 is 1.15 bits per heavy atom. The summed E-state index contributed by atoms with van der Waals surface area (Å²) >= 11 is 0. The molecular weight excluding hydrogens is 733 g/mol. The van der Waals surface area contributed by atoms with Gasteiger partial charge in [0.25, 0.3) is 0 Å². The summed E-state index contributed by atoms with van der Waals surface area (Å²) in [5.41, 5.74) is 5.04. The van der Waals surface area contributed by atoms with E-state index < -0.39 is 0 Å². The molecule has 0 saturated heterocycles. The maximum absolute atomic E-state index is 13.7. The first-order chi connectivity index (χ1) is 29.5. The number of anilines is 1. The van der Waals surface area contributed by atoms with Crippen molar-refractivity contribution in [1.29, 1.82) is 0 Å². The number of carbonyl (C=O) groups excluding carboxylic acids is 1. The molecule has 1 N–H and O–H groups in total. The SMILES string of the molecule is CCCCCCCCCCN(CCCCCCCCCC)c1ccc(C2=C(O)C(=C3C=CC(=[N+](CCCCCCCCCC)CCCCCCCCCC)C=C3)C2=O)cc1. The fourth-order valence-corrected chi connectivity index (χ4v) is 9.10. The molecule has 4 heteroatoms. The molecule has 0 unspecified atom stereocenters. The van der Waals surface area contributed by atoms with Crippen molar-refractivity contribution in [2.45, 2.75) is 233 Å². The quantitative estimate of drug-likeness (QED) is 0.0410. The van der Waals surface area contributed by atoms with Gasteiger partial charge >= 0.3 is 0 Å². The summed E-state index contributed by atoms with van der Waals surface area (Å²) < 4.78 is 2.57. The third-order valence-corrected chi connectivity index (χ3v) is 13.1.